The number of hydrogen-bond acceptors (Lipinski definition) is 2. The monoisotopic (exact) mass is 324 g/mol. The molecule has 0 bridgehead atoms. The number of aliphatic hydroxyl groups is 1. The van der Waals surface area contributed by atoms with Crippen LogP contribution in [-0.4, -0.2) is 5.11 Å². The topological polar surface area (TPSA) is 20.2 Å². The van der Waals surface area contributed by atoms with Crippen LogP contribution >= 0.6 is 27.3 Å². The molecular weight excluding hydrogens is 308 g/mol. The van der Waals surface area contributed by atoms with Gasteiger partial charge in [-0.2, -0.15) is 0 Å². The Hall–Kier alpha value is -0.640. The molecule has 1 heterocycles. The molecule has 1 nitrogen and oxygen atoms in total. The van der Waals surface area contributed by atoms with Gasteiger partial charge in [-0.05, 0) is 48.7 Å². The number of benzene rings is 1. The zero-order valence-corrected chi connectivity index (χ0v) is 13.0. The average molecular weight is 325 g/mol. The lowest BCUT2D eigenvalue weighted by Crippen LogP contribution is -2.02. The minimum atomic E-state index is -0.415. The molecule has 2 rings (SSSR count). The van der Waals surface area contributed by atoms with Gasteiger partial charge in [-0.25, -0.2) is 0 Å². The van der Waals surface area contributed by atoms with Crippen LogP contribution in [0.5, 0.6) is 0 Å². The molecule has 1 unspecified atom stereocenters. The van der Waals surface area contributed by atoms with E-state index < -0.39 is 6.10 Å². The second kappa shape index (κ2) is 6.00. The largest absolute Gasteiger partial charge is 0.388 e. The molecule has 0 amide bonds. The van der Waals surface area contributed by atoms with Crippen molar-refractivity contribution in [2.75, 3.05) is 0 Å². The quantitative estimate of drug-likeness (QED) is 0.867. The molecule has 0 aliphatic rings. The molecule has 0 radical (unpaired) electrons. The van der Waals surface area contributed by atoms with Gasteiger partial charge in [0.25, 0.3) is 0 Å². The smallest absolute Gasteiger partial charge is 0.0840 e. The van der Waals surface area contributed by atoms with Gasteiger partial charge in [0, 0.05) is 20.6 Å². The van der Waals surface area contributed by atoms with Crippen molar-refractivity contribution in [2.24, 2.45) is 0 Å². The number of rotatable bonds is 4. The summed E-state index contributed by atoms with van der Waals surface area (Å²) in [5.74, 6) is 0. The van der Waals surface area contributed by atoms with Crippen LogP contribution in [0.25, 0.3) is 0 Å². The minimum absolute atomic E-state index is 0.415. The average Bonchev–Trinajstić information content (AvgIpc) is 2.76. The Morgan fingerprint density at radius 2 is 1.94 bits per heavy atom. The Morgan fingerprint density at radius 3 is 2.56 bits per heavy atom. The molecule has 0 saturated carbocycles. The van der Waals surface area contributed by atoms with Crippen molar-refractivity contribution in [3.8, 4) is 0 Å². The van der Waals surface area contributed by atoms with Crippen LogP contribution < -0.4 is 0 Å². The van der Waals surface area contributed by atoms with E-state index in [0.717, 1.165) is 22.0 Å². The number of halogens is 1. The maximum absolute atomic E-state index is 10.3. The van der Waals surface area contributed by atoms with Crippen LogP contribution in [-0.2, 0) is 12.8 Å². The van der Waals surface area contributed by atoms with Gasteiger partial charge in [-0.15, -0.1) is 11.3 Å². The van der Waals surface area contributed by atoms with E-state index in [4.69, 9.17) is 0 Å². The van der Waals surface area contributed by atoms with Crippen molar-refractivity contribution < 1.29 is 5.11 Å². The highest BCUT2D eigenvalue weighted by Crippen LogP contribution is 2.27. The Kier molecular flexibility index (Phi) is 4.60. The lowest BCUT2D eigenvalue weighted by molar-refractivity contribution is 0.178. The molecule has 18 heavy (non-hydrogen) atoms. The van der Waals surface area contributed by atoms with E-state index in [1.807, 2.05) is 25.1 Å². The van der Waals surface area contributed by atoms with Gasteiger partial charge in [0.2, 0.25) is 0 Å². The standard InChI is InChI=1S/C15H17BrOS/c1-3-12-5-6-13(18-12)9-15(17)14-7-4-11(16)8-10(14)2/h4-8,15,17H,3,9H2,1-2H3. The van der Waals surface area contributed by atoms with E-state index in [0.29, 0.717) is 6.42 Å². The minimum Gasteiger partial charge on any atom is -0.388 e. The molecule has 1 N–H and O–H groups in total. The molecule has 1 aromatic carbocycles. The van der Waals surface area contributed by atoms with Crippen molar-refractivity contribution in [3.63, 3.8) is 0 Å². The lowest BCUT2D eigenvalue weighted by Gasteiger charge is -2.13. The fourth-order valence-corrected chi connectivity index (χ4v) is 3.51. The molecule has 96 valence electrons. The third-order valence-electron chi connectivity index (χ3n) is 3.05. The van der Waals surface area contributed by atoms with Gasteiger partial charge < -0.3 is 5.11 Å². The summed E-state index contributed by atoms with van der Waals surface area (Å²) >= 11 is 5.24. The van der Waals surface area contributed by atoms with Crippen LogP contribution in [0.2, 0.25) is 0 Å². The van der Waals surface area contributed by atoms with Crippen molar-refractivity contribution >= 4 is 27.3 Å². The predicted molar refractivity (Wildman–Crippen MR) is 81.2 cm³/mol. The van der Waals surface area contributed by atoms with Crippen molar-refractivity contribution in [1.82, 2.24) is 0 Å². The predicted octanol–water partition coefficient (Wildman–Crippen LogP) is 4.66. The number of thiophene rings is 1. The van der Waals surface area contributed by atoms with Crippen LogP contribution in [0.1, 0.15) is 33.9 Å². The number of aryl methyl sites for hydroxylation is 2. The second-order valence-corrected chi connectivity index (χ2v) is 6.61. The van der Waals surface area contributed by atoms with E-state index in [1.54, 1.807) is 11.3 Å². The Bertz CT molecular complexity index is 533. The summed E-state index contributed by atoms with van der Waals surface area (Å²) in [6, 6.07) is 10.3. The molecule has 0 saturated heterocycles. The first-order valence-electron chi connectivity index (χ1n) is 6.12. The number of aliphatic hydroxyl groups excluding tert-OH is 1. The van der Waals surface area contributed by atoms with Gasteiger partial charge in [0.15, 0.2) is 0 Å². The third kappa shape index (κ3) is 3.22. The molecule has 0 spiro atoms. The molecule has 1 aromatic heterocycles. The van der Waals surface area contributed by atoms with Crippen LogP contribution in [0.3, 0.4) is 0 Å². The highest BCUT2D eigenvalue weighted by Gasteiger charge is 2.12. The van der Waals surface area contributed by atoms with E-state index in [9.17, 15) is 5.11 Å². The van der Waals surface area contributed by atoms with Gasteiger partial charge in [-0.3, -0.25) is 0 Å². The maximum Gasteiger partial charge on any atom is 0.0840 e. The summed E-state index contributed by atoms with van der Waals surface area (Å²) in [6.45, 7) is 4.19. The van der Waals surface area contributed by atoms with Gasteiger partial charge in [-0.1, -0.05) is 28.9 Å². The SMILES string of the molecule is CCc1ccc(CC(O)c2ccc(Br)cc2C)s1. The molecule has 0 aliphatic carbocycles. The molecule has 2 aromatic rings. The molecule has 0 fully saturated rings. The summed E-state index contributed by atoms with van der Waals surface area (Å²) in [6.07, 6.45) is 1.35. The summed E-state index contributed by atoms with van der Waals surface area (Å²) in [4.78, 5) is 2.63. The fourth-order valence-electron chi connectivity index (χ4n) is 2.04. The first kappa shape index (κ1) is 13.8. The summed E-state index contributed by atoms with van der Waals surface area (Å²) in [5, 5.41) is 10.3. The Balaban J connectivity index is 2.13. The lowest BCUT2D eigenvalue weighted by atomic mass is 10.0. The van der Waals surface area contributed by atoms with Crippen LogP contribution in [0.4, 0.5) is 0 Å². The summed E-state index contributed by atoms with van der Waals surface area (Å²) in [7, 11) is 0. The molecule has 3 heteroatoms. The molecular formula is C15H17BrOS. The van der Waals surface area contributed by atoms with Crippen LogP contribution in [0.15, 0.2) is 34.8 Å². The zero-order chi connectivity index (χ0) is 13.1. The second-order valence-electron chi connectivity index (χ2n) is 4.44. The van der Waals surface area contributed by atoms with E-state index in [-0.39, 0.29) is 0 Å². The van der Waals surface area contributed by atoms with Crippen molar-refractivity contribution in [1.29, 1.82) is 0 Å². The van der Waals surface area contributed by atoms with E-state index in [1.165, 1.54) is 9.75 Å². The highest BCUT2D eigenvalue weighted by atomic mass is 79.9. The van der Waals surface area contributed by atoms with Gasteiger partial charge in [0.1, 0.15) is 0 Å². The van der Waals surface area contributed by atoms with Crippen LogP contribution in [0, 0.1) is 6.92 Å². The van der Waals surface area contributed by atoms with E-state index >= 15 is 0 Å². The van der Waals surface area contributed by atoms with Crippen molar-refractivity contribution in [3.05, 3.63) is 55.7 Å². The molecule has 1 atom stereocenters. The first-order chi connectivity index (χ1) is 8.60. The number of hydrogen-bond donors (Lipinski definition) is 1. The van der Waals surface area contributed by atoms with E-state index in [2.05, 4.69) is 35.0 Å². The first-order valence-corrected chi connectivity index (χ1v) is 7.72. The van der Waals surface area contributed by atoms with Crippen molar-refractivity contribution in [2.45, 2.75) is 32.8 Å². The normalized spacial score (nSPS) is 12.7. The third-order valence-corrected chi connectivity index (χ3v) is 4.80. The van der Waals surface area contributed by atoms with Gasteiger partial charge in [0.05, 0.1) is 6.10 Å². The summed E-state index contributed by atoms with van der Waals surface area (Å²) in [5.41, 5.74) is 2.15. The Labute approximate surface area is 121 Å². The zero-order valence-electron chi connectivity index (χ0n) is 10.6. The maximum atomic E-state index is 10.3. The highest BCUT2D eigenvalue weighted by molar-refractivity contribution is 9.10. The fraction of sp³-hybridized carbons (Fsp3) is 0.333. The van der Waals surface area contributed by atoms with Gasteiger partial charge >= 0.3 is 0 Å². The Morgan fingerprint density at radius 1 is 1.22 bits per heavy atom. The molecule has 0 aliphatic heterocycles. The summed E-state index contributed by atoms with van der Waals surface area (Å²) < 4.78 is 1.06.